The molecule has 3 rings (SSSR count). The lowest BCUT2D eigenvalue weighted by Crippen LogP contribution is -2.39. The summed E-state index contributed by atoms with van der Waals surface area (Å²) in [6, 6.07) is 9.02. The van der Waals surface area contributed by atoms with Crippen molar-refractivity contribution in [3.63, 3.8) is 0 Å². The summed E-state index contributed by atoms with van der Waals surface area (Å²) in [6.45, 7) is 3.16. The van der Waals surface area contributed by atoms with Crippen molar-refractivity contribution in [1.82, 2.24) is 4.57 Å². The minimum atomic E-state index is -4.83. The number of benzene rings is 2. The van der Waals surface area contributed by atoms with E-state index in [0.717, 1.165) is 19.8 Å². The van der Waals surface area contributed by atoms with Gasteiger partial charge in [0.1, 0.15) is 5.75 Å². The summed E-state index contributed by atoms with van der Waals surface area (Å²) in [7, 11) is 1.44. The molecule has 0 saturated carbocycles. The van der Waals surface area contributed by atoms with E-state index in [-0.39, 0.29) is 11.1 Å². The van der Waals surface area contributed by atoms with E-state index < -0.39 is 11.8 Å². The molecule has 4 nitrogen and oxygen atoms in total. The number of aliphatic hydroxyl groups is 1. The van der Waals surface area contributed by atoms with Gasteiger partial charge in [0.2, 0.25) is 0 Å². The molecule has 0 fully saturated rings. The smallest absolute Gasteiger partial charge is 0.421 e. The van der Waals surface area contributed by atoms with Crippen LogP contribution in [-0.4, -0.2) is 23.0 Å². The Balaban J connectivity index is 2.44. The minimum absolute atomic E-state index is 0.247. The van der Waals surface area contributed by atoms with E-state index >= 15 is 0 Å². The summed E-state index contributed by atoms with van der Waals surface area (Å²) in [5.41, 5.74) is -3.00. The number of hydrogen-bond acceptors (Lipinski definition) is 3. The first-order valence-electron chi connectivity index (χ1n) is 9.06. The Hall–Kier alpha value is -2.54. The summed E-state index contributed by atoms with van der Waals surface area (Å²) in [6.07, 6.45) is -3.22. The van der Waals surface area contributed by atoms with Crippen LogP contribution < -0.4 is 10.3 Å². The van der Waals surface area contributed by atoms with Gasteiger partial charge in [-0.1, -0.05) is 31.5 Å². The number of hydrogen-bond donors (Lipinski definition) is 1. The Kier molecular flexibility index (Phi) is 5.14. The lowest BCUT2D eigenvalue weighted by Gasteiger charge is -2.27. The summed E-state index contributed by atoms with van der Waals surface area (Å²) in [4.78, 5) is 13.1. The fraction of sp³-hybridized carbons (Fsp3) is 0.381. The first-order valence-corrected chi connectivity index (χ1v) is 9.06. The molecule has 1 N–H and O–H groups in total. The van der Waals surface area contributed by atoms with Crippen molar-refractivity contribution >= 4 is 21.7 Å². The van der Waals surface area contributed by atoms with Crippen molar-refractivity contribution in [3.8, 4) is 5.75 Å². The second kappa shape index (κ2) is 7.13. The average molecular weight is 393 g/mol. The Bertz CT molecular complexity index is 1080. The van der Waals surface area contributed by atoms with Crippen molar-refractivity contribution in [1.29, 1.82) is 0 Å². The second-order valence-corrected chi connectivity index (χ2v) is 7.00. The predicted molar refractivity (Wildman–Crippen MR) is 103 cm³/mol. The van der Waals surface area contributed by atoms with E-state index in [1.54, 1.807) is 22.8 Å². The fourth-order valence-corrected chi connectivity index (χ4v) is 3.38. The molecule has 1 atom stereocenters. The van der Waals surface area contributed by atoms with Crippen LogP contribution in [0.15, 0.2) is 41.2 Å². The topological polar surface area (TPSA) is 51.5 Å². The number of halogens is 3. The van der Waals surface area contributed by atoms with E-state index in [9.17, 15) is 23.1 Å². The SMILES string of the molecule is CCCCn1c(=O)c2c(OC)cccc2c2cc(C(C)(O)C(F)(F)F)ccc21. The monoisotopic (exact) mass is 393 g/mol. The fourth-order valence-electron chi connectivity index (χ4n) is 3.38. The number of rotatable bonds is 5. The number of aryl methyl sites for hydroxylation is 1. The predicted octanol–water partition coefficient (Wildman–Crippen LogP) is 4.73. The third-order valence-corrected chi connectivity index (χ3v) is 5.13. The number of aromatic nitrogens is 1. The van der Waals surface area contributed by atoms with Crippen LogP contribution in [0.4, 0.5) is 13.2 Å². The van der Waals surface area contributed by atoms with Gasteiger partial charge in [-0.2, -0.15) is 13.2 Å². The largest absolute Gasteiger partial charge is 0.496 e. The quantitative estimate of drug-likeness (QED) is 0.638. The van der Waals surface area contributed by atoms with Gasteiger partial charge >= 0.3 is 6.18 Å². The van der Waals surface area contributed by atoms with Gasteiger partial charge in [0.15, 0.2) is 5.60 Å². The molecule has 0 spiro atoms. The highest BCUT2D eigenvalue weighted by Gasteiger charge is 2.51. The minimum Gasteiger partial charge on any atom is -0.496 e. The normalized spacial score (nSPS) is 14.4. The Morgan fingerprint density at radius 1 is 1.14 bits per heavy atom. The molecule has 1 unspecified atom stereocenters. The molecule has 150 valence electrons. The molecule has 0 radical (unpaired) electrons. The summed E-state index contributed by atoms with van der Waals surface area (Å²) in [5, 5.41) is 11.4. The Labute approximate surface area is 160 Å². The highest BCUT2D eigenvalue weighted by molar-refractivity contribution is 6.07. The van der Waals surface area contributed by atoms with Crippen LogP contribution in [0, 0.1) is 0 Å². The molecular weight excluding hydrogens is 371 g/mol. The molecule has 0 aliphatic heterocycles. The summed E-state index contributed by atoms with van der Waals surface area (Å²) < 4.78 is 46.9. The molecule has 1 aromatic heterocycles. The lowest BCUT2D eigenvalue weighted by atomic mass is 9.92. The number of nitrogens with zero attached hydrogens (tertiary/aromatic N) is 1. The molecular formula is C21H22F3NO3. The number of pyridine rings is 1. The van der Waals surface area contributed by atoms with Crippen molar-refractivity contribution in [3.05, 3.63) is 52.3 Å². The van der Waals surface area contributed by atoms with Gasteiger partial charge in [0.25, 0.3) is 5.56 Å². The van der Waals surface area contributed by atoms with Crippen molar-refractivity contribution < 1.29 is 23.0 Å². The van der Waals surface area contributed by atoms with Crippen molar-refractivity contribution in [2.24, 2.45) is 0 Å². The van der Waals surface area contributed by atoms with E-state index in [4.69, 9.17) is 4.74 Å². The van der Waals surface area contributed by atoms with Gasteiger partial charge in [0, 0.05) is 17.3 Å². The van der Waals surface area contributed by atoms with E-state index in [1.807, 2.05) is 6.92 Å². The van der Waals surface area contributed by atoms with Crippen LogP contribution in [0.25, 0.3) is 21.7 Å². The van der Waals surface area contributed by atoms with Gasteiger partial charge in [-0.05, 0) is 37.1 Å². The summed E-state index contributed by atoms with van der Waals surface area (Å²) >= 11 is 0. The van der Waals surface area contributed by atoms with Crippen molar-refractivity contribution in [2.45, 2.75) is 45.0 Å². The third kappa shape index (κ3) is 3.13. The maximum absolute atomic E-state index is 13.3. The van der Waals surface area contributed by atoms with E-state index in [2.05, 4.69) is 0 Å². The van der Waals surface area contributed by atoms with Crippen LogP contribution in [-0.2, 0) is 12.1 Å². The molecule has 1 heterocycles. The maximum atomic E-state index is 13.3. The van der Waals surface area contributed by atoms with Gasteiger partial charge in [0.05, 0.1) is 18.0 Å². The Morgan fingerprint density at radius 3 is 2.46 bits per heavy atom. The first kappa shape index (κ1) is 20.2. The van der Waals surface area contributed by atoms with Gasteiger partial charge in [-0.3, -0.25) is 4.79 Å². The third-order valence-electron chi connectivity index (χ3n) is 5.13. The van der Waals surface area contributed by atoms with Gasteiger partial charge in [-0.25, -0.2) is 0 Å². The lowest BCUT2D eigenvalue weighted by molar-refractivity contribution is -0.258. The van der Waals surface area contributed by atoms with Crippen molar-refractivity contribution in [2.75, 3.05) is 7.11 Å². The molecule has 0 aliphatic rings. The highest BCUT2D eigenvalue weighted by atomic mass is 19.4. The molecule has 3 aromatic rings. The Morgan fingerprint density at radius 2 is 1.86 bits per heavy atom. The van der Waals surface area contributed by atoms with E-state index in [0.29, 0.717) is 34.0 Å². The zero-order valence-electron chi connectivity index (χ0n) is 15.9. The van der Waals surface area contributed by atoms with Gasteiger partial charge in [-0.15, -0.1) is 0 Å². The number of alkyl halides is 3. The number of fused-ring (bicyclic) bond motifs is 3. The number of ether oxygens (including phenoxy) is 1. The maximum Gasteiger partial charge on any atom is 0.421 e. The molecule has 7 heteroatoms. The molecule has 0 aliphatic carbocycles. The first-order chi connectivity index (χ1) is 13.1. The molecule has 2 aromatic carbocycles. The zero-order chi connectivity index (χ0) is 20.7. The van der Waals surface area contributed by atoms with E-state index in [1.165, 1.54) is 25.3 Å². The zero-order valence-corrected chi connectivity index (χ0v) is 15.9. The van der Waals surface area contributed by atoms with Crippen LogP contribution in [0.1, 0.15) is 32.3 Å². The molecule has 0 saturated heterocycles. The highest BCUT2D eigenvalue weighted by Crippen LogP contribution is 2.40. The van der Waals surface area contributed by atoms with Gasteiger partial charge < -0.3 is 14.4 Å². The van der Waals surface area contributed by atoms with Crippen LogP contribution in [0.2, 0.25) is 0 Å². The molecule has 0 amide bonds. The number of methoxy groups -OCH3 is 1. The molecule has 0 bridgehead atoms. The van der Waals surface area contributed by atoms with Crippen LogP contribution in [0.5, 0.6) is 5.75 Å². The number of unbranched alkanes of at least 4 members (excludes halogenated alkanes) is 1. The molecule has 28 heavy (non-hydrogen) atoms. The van der Waals surface area contributed by atoms with Crippen LogP contribution in [0.3, 0.4) is 0 Å². The summed E-state index contributed by atoms with van der Waals surface area (Å²) in [5.74, 6) is 0.364. The average Bonchev–Trinajstić information content (AvgIpc) is 2.66. The van der Waals surface area contributed by atoms with Crippen LogP contribution >= 0.6 is 0 Å². The standard InChI is InChI=1S/C21H22F3NO3/c1-4-5-11-25-16-10-9-13(20(2,27)21(22,23)24)12-15(16)14-7-6-8-17(28-3)18(14)19(25)26/h6-10,12,27H,4-5,11H2,1-3H3. The second-order valence-electron chi connectivity index (χ2n) is 7.00.